The lowest BCUT2D eigenvalue weighted by Gasteiger charge is -2.23. The molecule has 0 heterocycles. The van der Waals surface area contributed by atoms with E-state index in [1.54, 1.807) is 0 Å². The number of benzene rings is 1. The Balaban J connectivity index is 3.10. The molecule has 0 aliphatic carbocycles. The molecule has 0 bridgehead atoms. The number of hydrogen-bond acceptors (Lipinski definition) is 3. The van der Waals surface area contributed by atoms with Gasteiger partial charge in [0.25, 0.3) is 0 Å². The summed E-state index contributed by atoms with van der Waals surface area (Å²) in [6, 6.07) is 2.83. The van der Waals surface area contributed by atoms with E-state index in [0.29, 0.717) is 17.1 Å². The van der Waals surface area contributed by atoms with Crippen LogP contribution in [-0.4, -0.2) is 15.0 Å². The minimum absolute atomic E-state index is 0.0101. The van der Waals surface area contributed by atoms with E-state index < -0.39 is 10.0 Å². The van der Waals surface area contributed by atoms with Crippen LogP contribution in [-0.2, 0) is 16.6 Å². The molecule has 3 N–H and O–H groups in total. The largest absolute Gasteiger partial charge is 0.326 e. The predicted molar refractivity (Wildman–Crippen MR) is 83.6 cm³/mol. The molecular formula is C13H20Cl2N2O2S. The zero-order valence-corrected chi connectivity index (χ0v) is 14.2. The normalized spacial score (nSPS) is 12.7. The van der Waals surface area contributed by atoms with Gasteiger partial charge in [0.1, 0.15) is 4.90 Å². The molecule has 0 spiro atoms. The van der Waals surface area contributed by atoms with Crippen LogP contribution in [0.2, 0.25) is 10.0 Å². The van der Waals surface area contributed by atoms with Gasteiger partial charge in [0.2, 0.25) is 10.0 Å². The standard InChI is InChI=1S/C13H20Cl2N2O2S/c1-4-13(2,3)8-17-20(18,19)12-5-9(7-16)10(14)6-11(12)15/h5-6,17H,4,7-8,16H2,1-3H3. The molecule has 0 aliphatic heterocycles. The highest BCUT2D eigenvalue weighted by Gasteiger charge is 2.23. The fourth-order valence-corrected chi connectivity index (χ4v) is 3.54. The second-order valence-corrected chi connectivity index (χ2v) is 7.97. The van der Waals surface area contributed by atoms with Crippen molar-refractivity contribution in [3.63, 3.8) is 0 Å². The number of hydrogen-bond donors (Lipinski definition) is 2. The Morgan fingerprint density at radius 3 is 2.35 bits per heavy atom. The first-order valence-electron chi connectivity index (χ1n) is 6.30. The van der Waals surface area contributed by atoms with Gasteiger partial charge in [0.15, 0.2) is 0 Å². The number of halogens is 2. The summed E-state index contributed by atoms with van der Waals surface area (Å²) in [5.74, 6) is 0. The Morgan fingerprint density at radius 1 is 1.25 bits per heavy atom. The van der Waals surface area contributed by atoms with Gasteiger partial charge in [0, 0.05) is 18.1 Å². The lowest BCUT2D eigenvalue weighted by atomic mass is 9.91. The highest BCUT2D eigenvalue weighted by molar-refractivity contribution is 7.89. The van der Waals surface area contributed by atoms with Crippen LogP contribution in [0.15, 0.2) is 17.0 Å². The zero-order valence-electron chi connectivity index (χ0n) is 11.8. The maximum Gasteiger partial charge on any atom is 0.242 e. The molecule has 20 heavy (non-hydrogen) atoms. The fourth-order valence-electron chi connectivity index (χ4n) is 1.43. The van der Waals surface area contributed by atoms with E-state index in [-0.39, 0.29) is 21.9 Å². The molecule has 1 aromatic rings. The molecule has 0 radical (unpaired) electrons. The third-order valence-corrected chi connectivity index (χ3v) is 5.53. The lowest BCUT2D eigenvalue weighted by molar-refractivity contribution is 0.350. The van der Waals surface area contributed by atoms with Gasteiger partial charge < -0.3 is 5.73 Å². The van der Waals surface area contributed by atoms with Crippen LogP contribution in [0.4, 0.5) is 0 Å². The first-order chi connectivity index (χ1) is 9.13. The van der Waals surface area contributed by atoms with E-state index in [0.717, 1.165) is 6.42 Å². The van der Waals surface area contributed by atoms with Crippen molar-refractivity contribution in [3.8, 4) is 0 Å². The highest BCUT2D eigenvalue weighted by Crippen LogP contribution is 2.29. The van der Waals surface area contributed by atoms with Crippen LogP contribution in [0.5, 0.6) is 0 Å². The summed E-state index contributed by atoms with van der Waals surface area (Å²) in [4.78, 5) is 0.0101. The number of sulfonamides is 1. The van der Waals surface area contributed by atoms with Gasteiger partial charge in [-0.2, -0.15) is 0 Å². The molecule has 0 saturated heterocycles. The van der Waals surface area contributed by atoms with Crippen LogP contribution in [0.25, 0.3) is 0 Å². The molecular weight excluding hydrogens is 319 g/mol. The van der Waals surface area contributed by atoms with Gasteiger partial charge in [-0.15, -0.1) is 0 Å². The van der Waals surface area contributed by atoms with Crippen LogP contribution in [0.3, 0.4) is 0 Å². The Hall–Kier alpha value is -0.330. The Bertz CT molecular complexity index is 586. The smallest absolute Gasteiger partial charge is 0.242 e. The summed E-state index contributed by atoms with van der Waals surface area (Å²) < 4.78 is 27.2. The van der Waals surface area contributed by atoms with Crippen molar-refractivity contribution in [2.24, 2.45) is 11.1 Å². The van der Waals surface area contributed by atoms with Crippen molar-refractivity contribution in [2.75, 3.05) is 6.54 Å². The Labute approximate surface area is 130 Å². The van der Waals surface area contributed by atoms with E-state index >= 15 is 0 Å². The molecule has 1 aromatic carbocycles. The van der Waals surface area contributed by atoms with E-state index in [4.69, 9.17) is 28.9 Å². The molecule has 0 amide bonds. The molecule has 0 saturated carbocycles. The van der Waals surface area contributed by atoms with E-state index in [9.17, 15) is 8.42 Å². The average Bonchev–Trinajstić information content (AvgIpc) is 2.36. The predicted octanol–water partition coefficient (Wildman–Crippen LogP) is 3.17. The maximum atomic E-state index is 12.3. The molecule has 1 rings (SSSR count). The summed E-state index contributed by atoms with van der Waals surface area (Å²) >= 11 is 11.9. The summed E-state index contributed by atoms with van der Waals surface area (Å²) in [5, 5.41) is 0.458. The van der Waals surface area contributed by atoms with Gasteiger partial charge in [-0.25, -0.2) is 13.1 Å². The molecule has 0 atom stereocenters. The summed E-state index contributed by atoms with van der Waals surface area (Å²) in [5.41, 5.74) is 5.96. The maximum absolute atomic E-state index is 12.3. The van der Waals surface area contributed by atoms with Crippen molar-refractivity contribution in [1.82, 2.24) is 4.72 Å². The zero-order chi connectivity index (χ0) is 15.6. The molecule has 4 nitrogen and oxygen atoms in total. The van der Waals surface area contributed by atoms with Gasteiger partial charge in [-0.05, 0) is 29.5 Å². The van der Waals surface area contributed by atoms with Crippen molar-refractivity contribution >= 4 is 33.2 Å². The van der Waals surface area contributed by atoms with Crippen molar-refractivity contribution in [2.45, 2.75) is 38.6 Å². The highest BCUT2D eigenvalue weighted by atomic mass is 35.5. The van der Waals surface area contributed by atoms with Crippen LogP contribution >= 0.6 is 23.2 Å². The molecule has 7 heteroatoms. The quantitative estimate of drug-likeness (QED) is 0.836. The van der Waals surface area contributed by atoms with E-state index in [1.165, 1.54) is 12.1 Å². The van der Waals surface area contributed by atoms with E-state index in [1.807, 2.05) is 20.8 Å². The SMILES string of the molecule is CCC(C)(C)CNS(=O)(=O)c1cc(CN)c(Cl)cc1Cl. The van der Waals surface area contributed by atoms with Crippen LogP contribution in [0, 0.1) is 5.41 Å². The lowest BCUT2D eigenvalue weighted by Crippen LogP contribution is -2.33. The first kappa shape index (κ1) is 17.7. The second-order valence-electron chi connectivity index (χ2n) is 5.42. The third-order valence-electron chi connectivity index (χ3n) is 3.31. The van der Waals surface area contributed by atoms with Crippen molar-refractivity contribution in [3.05, 3.63) is 27.7 Å². The number of nitrogens with one attached hydrogen (secondary N) is 1. The van der Waals surface area contributed by atoms with Gasteiger partial charge in [-0.1, -0.05) is 44.0 Å². The third kappa shape index (κ3) is 4.33. The fraction of sp³-hybridized carbons (Fsp3) is 0.538. The second kappa shape index (κ2) is 6.62. The van der Waals surface area contributed by atoms with Crippen LogP contribution in [0.1, 0.15) is 32.8 Å². The van der Waals surface area contributed by atoms with Crippen LogP contribution < -0.4 is 10.5 Å². The summed E-state index contributed by atoms with van der Waals surface area (Å²) in [6.45, 7) is 6.48. The Kier molecular flexibility index (Phi) is 5.87. The van der Waals surface area contributed by atoms with Gasteiger partial charge >= 0.3 is 0 Å². The van der Waals surface area contributed by atoms with Gasteiger partial charge in [-0.3, -0.25) is 0 Å². The van der Waals surface area contributed by atoms with Crippen molar-refractivity contribution < 1.29 is 8.42 Å². The molecule has 0 aromatic heterocycles. The molecule has 0 aliphatic rings. The minimum Gasteiger partial charge on any atom is -0.326 e. The first-order valence-corrected chi connectivity index (χ1v) is 8.54. The van der Waals surface area contributed by atoms with E-state index in [2.05, 4.69) is 4.72 Å². The molecule has 0 unspecified atom stereocenters. The number of rotatable bonds is 6. The van der Waals surface area contributed by atoms with Crippen molar-refractivity contribution in [1.29, 1.82) is 0 Å². The summed E-state index contributed by atoms with van der Waals surface area (Å²) in [7, 11) is -3.68. The molecule has 0 fully saturated rings. The average molecular weight is 339 g/mol. The number of nitrogens with two attached hydrogens (primary N) is 1. The Morgan fingerprint density at radius 2 is 1.85 bits per heavy atom. The topological polar surface area (TPSA) is 72.2 Å². The van der Waals surface area contributed by atoms with Gasteiger partial charge in [0.05, 0.1) is 5.02 Å². The summed E-state index contributed by atoms with van der Waals surface area (Å²) in [6.07, 6.45) is 0.859. The monoisotopic (exact) mass is 338 g/mol. The molecule has 114 valence electrons. The minimum atomic E-state index is -3.68.